The van der Waals surface area contributed by atoms with Crippen molar-refractivity contribution in [3.63, 3.8) is 0 Å². The second-order valence-electron chi connectivity index (χ2n) is 5.00. The number of anilines is 1. The van der Waals surface area contributed by atoms with E-state index in [9.17, 15) is 8.60 Å². The van der Waals surface area contributed by atoms with Gasteiger partial charge in [-0.05, 0) is 35.7 Å². The van der Waals surface area contributed by atoms with Crippen LogP contribution in [0.5, 0.6) is 0 Å². The van der Waals surface area contributed by atoms with Gasteiger partial charge in [-0.1, -0.05) is 24.3 Å². The highest BCUT2D eigenvalue weighted by atomic mass is 32.2. The molecule has 2 aromatic carbocycles. The predicted octanol–water partition coefficient (Wildman–Crippen LogP) is 2.83. The van der Waals surface area contributed by atoms with Crippen molar-refractivity contribution in [2.24, 2.45) is 0 Å². The molecule has 1 heterocycles. The maximum Gasteiger partial charge on any atom is 0.147 e. The molecule has 0 saturated heterocycles. The number of fused-ring (bicyclic) bond motifs is 1. The van der Waals surface area contributed by atoms with Gasteiger partial charge in [0, 0.05) is 4.90 Å². The van der Waals surface area contributed by atoms with Crippen molar-refractivity contribution < 1.29 is 13.3 Å². The second-order valence-corrected chi connectivity index (χ2v) is 6.50. The van der Waals surface area contributed by atoms with Crippen LogP contribution in [0.25, 0.3) is 0 Å². The Kier molecular flexibility index (Phi) is 4.03. The Morgan fingerprint density at radius 2 is 2.10 bits per heavy atom. The Bertz CT molecular complexity index is 690. The van der Waals surface area contributed by atoms with Crippen molar-refractivity contribution >= 4 is 16.5 Å². The van der Waals surface area contributed by atoms with Crippen LogP contribution in [-0.4, -0.2) is 16.6 Å². The molecule has 2 N–H and O–H groups in total. The third kappa shape index (κ3) is 2.99. The van der Waals surface area contributed by atoms with Gasteiger partial charge in [-0.15, -0.1) is 0 Å². The Morgan fingerprint density at radius 1 is 1.29 bits per heavy atom. The van der Waals surface area contributed by atoms with E-state index in [1.807, 2.05) is 18.2 Å². The lowest BCUT2D eigenvalue weighted by molar-refractivity contribution is 0.0582. The summed E-state index contributed by atoms with van der Waals surface area (Å²) in [6.07, 6.45) is 0.659. The van der Waals surface area contributed by atoms with Crippen molar-refractivity contribution in [3.8, 4) is 0 Å². The van der Waals surface area contributed by atoms with Crippen molar-refractivity contribution in [2.75, 3.05) is 18.1 Å². The quantitative estimate of drug-likeness (QED) is 0.887. The van der Waals surface area contributed by atoms with Crippen LogP contribution in [-0.2, 0) is 22.0 Å². The number of nitrogens with two attached hydrogens (primary N) is 1. The van der Waals surface area contributed by atoms with Crippen LogP contribution >= 0.6 is 0 Å². The Hall–Kier alpha value is -1.72. The molecule has 0 amide bonds. The number of hydrogen-bond acceptors (Lipinski definition) is 3. The lowest BCUT2D eigenvalue weighted by Crippen LogP contribution is -2.21. The molecule has 0 spiro atoms. The highest BCUT2D eigenvalue weighted by molar-refractivity contribution is 7.85. The molecule has 21 heavy (non-hydrogen) atoms. The van der Waals surface area contributed by atoms with Crippen LogP contribution < -0.4 is 5.73 Å². The van der Waals surface area contributed by atoms with Gasteiger partial charge in [0.2, 0.25) is 0 Å². The zero-order chi connectivity index (χ0) is 14.8. The number of halogens is 1. The van der Waals surface area contributed by atoms with E-state index in [0.717, 1.165) is 12.0 Å². The third-order valence-electron chi connectivity index (χ3n) is 3.63. The largest absolute Gasteiger partial charge is 0.396 e. The van der Waals surface area contributed by atoms with E-state index in [2.05, 4.69) is 6.07 Å². The first-order valence-corrected chi connectivity index (χ1v) is 8.10. The van der Waals surface area contributed by atoms with Crippen molar-refractivity contribution in [3.05, 3.63) is 59.4 Å². The summed E-state index contributed by atoms with van der Waals surface area (Å²) in [4.78, 5) is 0.438. The van der Waals surface area contributed by atoms with Gasteiger partial charge in [-0.3, -0.25) is 4.21 Å². The first-order valence-electron chi connectivity index (χ1n) is 6.78. The monoisotopic (exact) mass is 305 g/mol. The van der Waals surface area contributed by atoms with E-state index in [0.29, 0.717) is 17.3 Å². The molecule has 5 heteroatoms. The molecule has 0 fully saturated rings. The molecule has 3 rings (SSSR count). The predicted molar refractivity (Wildman–Crippen MR) is 80.9 cm³/mol. The van der Waals surface area contributed by atoms with Crippen molar-refractivity contribution in [2.45, 2.75) is 17.4 Å². The molecule has 2 atom stereocenters. The van der Waals surface area contributed by atoms with Gasteiger partial charge in [-0.25, -0.2) is 4.39 Å². The van der Waals surface area contributed by atoms with E-state index < -0.39 is 16.6 Å². The maximum atomic E-state index is 13.5. The van der Waals surface area contributed by atoms with Gasteiger partial charge >= 0.3 is 0 Å². The second kappa shape index (κ2) is 5.95. The molecular formula is C16H16FNO2S. The zero-order valence-corrected chi connectivity index (χ0v) is 12.2. The van der Waals surface area contributed by atoms with Crippen LogP contribution in [0, 0.1) is 5.82 Å². The van der Waals surface area contributed by atoms with Crippen LogP contribution in [0.2, 0.25) is 0 Å². The van der Waals surface area contributed by atoms with Crippen LogP contribution in [0.4, 0.5) is 10.1 Å². The van der Waals surface area contributed by atoms with E-state index in [1.54, 1.807) is 6.07 Å². The topological polar surface area (TPSA) is 52.3 Å². The molecule has 0 saturated carbocycles. The summed E-state index contributed by atoms with van der Waals surface area (Å²) in [6, 6.07) is 12.3. The molecular weight excluding hydrogens is 289 g/mol. The third-order valence-corrected chi connectivity index (χ3v) is 5.02. The maximum absolute atomic E-state index is 13.5. The van der Waals surface area contributed by atoms with Crippen LogP contribution in [0.1, 0.15) is 17.2 Å². The summed E-state index contributed by atoms with van der Waals surface area (Å²) in [6.45, 7) is 0.620. The normalized spacial score (nSPS) is 19.0. The fourth-order valence-electron chi connectivity index (χ4n) is 2.50. The molecule has 3 nitrogen and oxygen atoms in total. The number of nitrogen functional groups attached to an aromatic ring is 1. The molecule has 2 unspecified atom stereocenters. The molecule has 2 aromatic rings. The molecule has 110 valence electrons. The van der Waals surface area contributed by atoms with E-state index in [1.165, 1.54) is 17.7 Å². The minimum atomic E-state index is -1.33. The molecule has 0 aliphatic carbocycles. The lowest BCUT2D eigenvalue weighted by atomic mass is 9.99. The lowest BCUT2D eigenvalue weighted by Gasteiger charge is -2.25. The number of ether oxygens (including phenoxy) is 1. The standard InChI is InChI=1S/C16H16FNO2S/c17-14-9-12(5-6-15(14)18)21(19)10-16-13-4-2-1-3-11(13)7-8-20-16/h1-6,9,16H,7-8,10,18H2. The Labute approximate surface area is 125 Å². The fourth-order valence-corrected chi connectivity index (χ4v) is 3.70. The minimum Gasteiger partial charge on any atom is -0.396 e. The summed E-state index contributed by atoms with van der Waals surface area (Å²) >= 11 is 0. The highest BCUT2D eigenvalue weighted by Crippen LogP contribution is 2.29. The van der Waals surface area contributed by atoms with Crippen LogP contribution in [0.15, 0.2) is 47.4 Å². The number of benzene rings is 2. The highest BCUT2D eigenvalue weighted by Gasteiger charge is 2.23. The summed E-state index contributed by atoms with van der Waals surface area (Å²) in [5.41, 5.74) is 7.81. The van der Waals surface area contributed by atoms with E-state index in [4.69, 9.17) is 10.5 Å². The summed E-state index contributed by atoms with van der Waals surface area (Å²) in [5, 5.41) is 0. The molecule has 1 aliphatic rings. The average Bonchev–Trinajstić information content (AvgIpc) is 2.50. The summed E-state index contributed by atoms with van der Waals surface area (Å²) in [5.74, 6) is -0.216. The van der Waals surface area contributed by atoms with E-state index >= 15 is 0 Å². The van der Waals surface area contributed by atoms with Crippen LogP contribution in [0.3, 0.4) is 0 Å². The average molecular weight is 305 g/mol. The number of hydrogen-bond donors (Lipinski definition) is 1. The van der Waals surface area contributed by atoms with Gasteiger partial charge in [0.1, 0.15) is 5.82 Å². The van der Waals surface area contributed by atoms with Gasteiger partial charge in [-0.2, -0.15) is 0 Å². The first-order chi connectivity index (χ1) is 10.1. The first kappa shape index (κ1) is 14.2. The summed E-state index contributed by atoms with van der Waals surface area (Å²) in [7, 11) is -1.33. The molecule has 1 aliphatic heterocycles. The molecule has 0 aromatic heterocycles. The van der Waals surface area contributed by atoms with Gasteiger partial charge in [0.25, 0.3) is 0 Å². The Balaban J connectivity index is 1.81. The van der Waals surface area contributed by atoms with E-state index in [-0.39, 0.29) is 11.8 Å². The van der Waals surface area contributed by atoms with Crippen molar-refractivity contribution in [1.82, 2.24) is 0 Å². The Morgan fingerprint density at radius 3 is 2.90 bits per heavy atom. The van der Waals surface area contributed by atoms with Gasteiger partial charge in [0.05, 0.1) is 35.0 Å². The minimum absolute atomic E-state index is 0.0648. The SMILES string of the molecule is Nc1ccc(S(=O)CC2OCCc3ccccc32)cc1F. The zero-order valence-electron chi connectivity index (χ0n) is 11.4. The van der Waals surface area contributed by atoms with Crippen molar-refractivity contribution in [1.29, 1.82) is 0 Å². The van der Waals surface area contributed by atoms with Gasteiger partial charge in [0.15, 0.2) is 0 Å². The van der Waals surface area contributed by atoms with Gasteiger partial charge < -0.3 is 10.5 Å². The smallest absolute Gasteiger partial charge is 0.147 e. The fraction of sp³-hybridized carbons (Fsp3) is 0.250. The number of rotatable bonds is 3. The summed E-state index contributed by atoms with van der Waals surface area (Å²) < 4.78 is 31.6. The molecule has 0 radical (unpaired) electrons. The molecule has 0 bridgehead atoms.